The number of rotatable bonds is 11. The molecule has 51 heavy (non-hydrogen) atoms. The minimum Gasteiger partial charge on any atom is -0.455 e. The maximum atomic E-state index is 15.1. The fourth-order valence-electron chi connectivity index (χ4n) is 9.71. The van der Waals surface area contributed by atoms with Crippen LogP contribution in [-0.4, -0.2) is 90.2 Å². The lowest BCUT2D eigenvalue weighted by atomic mass is 9.40. The topological polar surface area (TPSA) is 175 Å². The molecule has 0 unspecified atom stereocenters. The Labute approximate surface area is 300 Å². The van der Waals surface area contributed by atoms with Crippen LogP contribution in [0.2, 0.25) is 0 Å². The summed E-state index contributed by atoms with van der Waals surface area (Å²) < 4.78 is 23.8. The van der Waals surface area contributed by atoms with Crippen LogP contribution in [0.15, 0.2) is 41.5 Å². The van der Waals surface area contributed by atoms with E-state index in [1.165, 1.54) is 0 Å². The van der Waals surface area contributed by atoms with E-state index in [1.807, 2.05) is 13.8 Å². The first-order valence-electron chi connectivity index (χ1n) is 17.9. The van der Waals surface area contributed by atoms with Crippen molar-refractivity contribution in [2.24, 2.45) is 28.1 Å². The van der Waals surface area contributed by atoms with Gasteiger partial charge in [-0.15, -0.1) is 0 Å². The van der Waals surface area contributed by atoms with Crippen LogP contribution in [0.4, 0.5) is 0 Å². The number of nitrogens with one attached hydrogen (secondary N) is 1. The molecule has 11 atom stereocenters. The molecule has 4 aliphatic rings. The Balaban J connectivity index is 1.66. The van der Waals surface area contributed by atoms with Gasteiger partial charge in [-0.2, -0.15) is 0 Å². The van der Waals surface area contributed by atoms with Crippen molar-refractivity contribution in [2.45, 2.75) is 123 Å². The van der Waals surface area contributed by atoms with Gasteiger partial charge < -0.3 is 39.2 Å². The summed E-state index contributed by atoms with van der Waals surface area (Å²) in [6.07, 6.45) is -5.13. The fourth-order valence-corrected chi connectivity index (χ4v) is 9.71. The quantitative estimate of drug-likeness (QED) is 0.101. The van der Waals surface area contributed by atoms with E-state index >= 15 is 4.79 Å². The number of aliphatic hydroxyl groups is 2. The summed E-state index contributed by atoms with van der Waals surface area (Å²) in [5.41, 5.74) is -3.64. The molecule has 1 aromatic rings. The standard InChI is InChI=1S/C38H51BNO11/c1-9-26(43)50-30-28-20(3)23(49-34(46)31(51-27(44)10-2)29(40-39-19-41)22-14-12-11-13-15-22)17-38(47,35(28,5)6)21(4)32-36(7)18-48-25(36)16-24(42)37(32,8)33(30)45/h11-15,19,21,23-25,29-32,40,42,47H,9-10,16-18H2,1-8H3/t21-,23-,24-,25+,29-,30+,31+,32+,36+,37+,38+/m0/s1. The summed E-state index contributed by atoms with van der Waals surface area (Å²) in [5, 5.41) is 27.7. The van der Waals surface area contributed by atoms with Gasteiger partial charge in [0.05, 0.1) is 42.1 Å². The highest BCUT2D eigenvalue weighted by atomic mass is 16.6. The molecule has 277 valence electrons. The van der Waals surface area contributed by atoms with Gasteiger partial charge in [-0.25, -0.2) is 4.79 Å². The third-order valence-electron chi connectivity index (χ3n) is 12.6. The van der Waals surface area contributed by atoms with Crippen molar-refractivity contribution in [1.29, 1.82) is 0 Å². The number of carbonyl (C=O) groups excluding carboxylic acids is 5. The molecule has 1 saturated heterocycles. The highest BCUT2D eigenvalue weighted by molar-refractivity contribution is 6.64. The summed E-state index contributed by atoms with van der Waals surface area (Å²) in [4.78, 5) is 66.5. The molecule has 1 aromatic carbocycles. The molecule has 2 saturated carbocycles. The van der Waals surface area contributed by atoms with Gasteiger partial charge in [0.2, 0.25) is 6.10 Å². The fraction of sp³-hybridized carbons (Fsp3) is 0.658. The molecule has 1 radical (unpaired) electrons. The summed E-state index contributed by atoms with van der Waals surface area (Å²) in [5.74, 6) is -4.03. The van der Waals surface area contributed by atoms with Crippen LogP contribution in [-0.2, 0) is 42.9 Å². The first-order valence-corrected chi connectivity index (χ1v) is 17.9. The molecular formula is C38H51BNO11. The first-order chi connectivity index (χ1) is 23.9. The Morgan fingerprint density at radius 2 is 1.73 bits per heavy atom. The zero-order valence-electron chi connectivity index (χ0n) is 30.8. The molecule has 3 fully saturated rings. The molecule has 13 heteroatoms. The van der Waals surface area contributed by atoms with Gasteiger partial charge in [-0.3, -0.25) is 14.4 Å². The maximum absolute atomic E-state index is 15.1. The van der Waals surface area contributed by atoms with Gasteiger partial charge in [-0.05, 0) is 42.4 Å². The zero-order valence-corrected chi connectivity index (χ0v) is 30.8. The molecule has 1 aliphatic heterocycles. The predicted molar refractivity (Wildman–Crippen MR) is 185 cm³/mol. The van der Waals surface area contributed by atoms with Crippen molar-refractivity contribution in [3.8, 4) is 0 Å². The van der Waals surface area contributed by atoms with E-state index in [9.17, 15) is 29.4 Å². The Morgan fingerprint density at radius 3 is 2.29 bits per heavy atom. The molecule has 3 aliphatic carbocycles. The van der Waals surface area contributed by atoms with E-state index in [0.29, 0.717) is 29.5 Å². The van der Waals surface area contributed by atoms with E-state index in [0.717, 1.165) is 7.41 Å². The molecule has 2 bridgehead atoms. The van der Waals surface area contributed by atoms with E-state index in [2.05, 4.69) is 5.23 Å². The summed E-state index contributed by atoms with van der Waals surface area (Å²) in [7, 11) is 1.10. The van der Waals surface area contributed by atoms with Gasteiger partial charge in [0, 0.05) is 36.5 Å². The van der Waals surface area contributed by atoms with Crippen molar-refractivity contribution >= 4 is 37.3 Å². The van der Waals surface area contributed by atoms with Crippen molar-refractivity contribution in [3.63, 3.8) is 0 Å². The van der Waals surface area contributed by atoms with Crippen LogP contribution in [0, 0.1) is 28.1 Å². The first kappa shape index (κ1) is 38.8. The lowest BCUT2D eigenvalue weighted by Crippen LogP contribution is -2.75. The third-order valence-corrected chi connectivity index (χ3v) is 12.6. The smallest absolute Gasteiger partial charge is 0.350 e. The second-order valence-corrected chi connectivity index (χ2v) is 15.6. The number of hydrogen-bond acceptors (Lipinski definition) is 12. The lowest BCUT2D eigenvalue weighted by Gasteiger charge is -2.68. The van der Waals surface area contributed by atoms with Crippen molar-refractivity contribution < 1.29 is 53.1 Å². The van der Waals surface area contributed by atoms with Crippen molar-refractivity contribution in [2.75, 3.05) is 6.61 Å². The molecule has 12 nitrogen and oxygen atoms in total. The number of Topliss-reactive ketones (excluding diaryl/α,β-unsaturated/α-hetero) is 1. The number of carbonyl (C=O) groups is 5. The maximum Gasteiger partial charge on any atom is 0.350 e. The predicted octanol–water partition coefficient (Wildman–Crippen LogP) is 3.17. The second-order valence-electron chi connectivity index (χ2n) is 15.6. The lowest BCUT2D eigenvalue weighted by molar-refractivity contribution is -0.302. The minimum absolute atomic E-state index is 0.0257. The monoisotopic (exact) mass is 708 g/mol. The average molecular weight is 709 g/mol. The summed E-state index contributed by atoms with van der Waals surface area (Å²) >= 11 is 0. The van der Waals surface area contributed by atoms with Crippen molar-refractivity contribution in [1.82, 2.24) is 5.23 Å². The number of ether oxygens (including phenoxy) is 4. The Morgan fingerprint density at radius 1 is 1.08 bits per heavy atom. The van der Waals surface area contributed by atoms with E-state index < -0.39 is 87.8 Å². The Kier molecular flexibility index (Phi) is 10.8. The van der Waals surface area contributed by atoms with Gasteiger partial charge in [0.25, 0.3) is 7.41 Å². The van der Waals surface area contributed by atoms with Crippen LogP contribution < -0.4 is 5.23 Å². The van der Waals surface area contributed by atoms with Crippen LogP contribution in [0.5, 0.6) is 0 Å². The number of ketones is 1. The normalized spacial score (nSPS) is 36.5. The zero-order chi connectivity index (χ0) is 37.7. The van der Waals surface area contributed by atoms with Crippen LogP contribution in [0.1, 0.15) is 92.7 Å². The molecule has 1 heterocycles. The average Bonchev–Trinajstić information content (AvgIpc) is 3.10. The SMILES string of the molecule is CCC(=O)O[C@H]1C(=O)[C@@]2(C)[C@H]([C@H](C)[C@]3(O)C[C@H](OC(=O)[C@H](OC(=O)CC)[C@@H](N[B]C=O)c4ccccc4)C(C)=C1C3(C)C)[C@]1(C)CO[C@@H]1C[C@@H]2O. The molecule has 0 aromatic heterocycles. The van der Waals surface area contributed by atoms with E-state index in [4.69, 9.17) is 18.9 Å². The van der Waals surface area contributed by atoms with Gasteiger partial charge in [0.15, 0.2) is 11.9 Å². The van der Waals surface area contributed by atoms with E-state index in [1.54, 1.807) is 71.9 Å². The molecule has 3 N–H and O–H groups in total. The van der Waals surface area contributed by atoms with E-state index in [-0.39, 0.29) is 31.8 Å². The highest BCUT2D eigenvalue weighted by Gasteiger charge is 2.73. The molecule has 0 amide bonds. The molecule has 5 rings (SSSR count). The molecule has 0 spiro atoms. The number of hydrogen-bond donors (Lipinski definition) is 3. The summed E-state index contributed by atoms with van der Waals surface area (Å²) in [6.45, 7) is 14.4. The van der Waals surface area contributed by atoms with Gasteiger partial charge in [-0.1, -0.05) is 71.9 Å². The van der Waals surface area contributed by atoms with Crippen LogP contribution >= 0.6 is 0 Å². The van der Waals surface area contributed by atoms with Gasteiger partial charge in [0.1, 0.15) is 6.10 Å². The number of fused-ring (bicyclic) bond motifs is 5. The largest absolute Gasteiger partial charge is 0.455 e. The summed E-state index contributed by atoms with van der Waals surface area (Å²) in [6, 6.07) is 7.65. The minimum atomic E-state index is -1.67. The van der Waals surface area contributed by atoms with Crippen LogP contribution in [0.3, 0.4) is 0 Å². The third kappa shape index (κ3) is 6.17. The Bertz CT molecular complexity index is 1580. The Hall–Kier alpha value is -3.39. The highest BCUT2D eigenvalue weighted by Crippen LogP contribution is 2.67. The number of aliphatic hydroxyl groups excluding tert-OH is 1. The van der Waals surface area contributed by atoms with Crippen molar-refractivity contribution in [3.05, 3.63) is 47.0 Å². The number of benzene rings is 1. The van der Waals surface area contributed by atoms with Gasteiger partial charge >= 0.3 is 17.9 Å². The van der Waals surface area contributed by atoms with Crippen LogP contribution in [0.25, 0.3) is 0 Å². The molecular weight excluding hydrogens is 657 g/mol. The second kappa shape index (κ2) is 14.2. The number of esters is 3.